The Bertz CT molecular complexity index is 1250. The number of anilines is 3. The van der Waals surface area contributed by atoms with Crippen molar-refractivity contribution in [3.8, 4) is 0 Å². The second-order valence-corrected chi connectivity index (χ2v) is 8.37. The van der Waals surface area contributed by atoms with Crippen molar-refractivity contribution in [2.75, 3.05) is 28.6 Å². The van der Waals surface area contributed by atoms with Gasteiger partial charge in [-0.2, -0.15) is 4.98 Å². The van der Waals surface area contributed by atoms with Crippen LogP contribution < -0.4 is 26.8 Å². The highest BCUT2D eigenvalue weighted by molar-refractivity contribution is 6.04. The standard InChI is InChI=1S/C21H23N7O6/c1-10-2-3-12(8-14(10)28(33)34)23-19(31)13-9-15(29)24-18-16(13)20(32)26-21(25-18)27-6-4-11(5-7-27)17(22)30/h2-3,8,11,13H,4-7,9H2,1H3,(H2,22,30)(H,23,31)(H2,24,25,26,29,32). The Morgan fingerprint density at radius 2 is 1.97 bits per heavy atom. The van der Waals surface area contributed by atoms with Crippen LogP contribution in [0.5, 0.6) is 0 Å². The molecule has 0 saturated carbocycles. The Labute approximate surface area is 192 Å². The number of hydrogen-bond acceptors (Lipinski definition) is 8. The molecule has 2 aliphatic heterocycles. The van der Waals surface area contributed by atoms with Crippen molar-refractivity contribution in [3.63, 3.8) is 0 Å². The number of fused-ring (bicyclic) bond motifs is 1. The van der Waals surface area contributed by atoms with E-state index in [1.165, 1.54) is 18.2 Å². The molecule has 1 fully saturated rings. The van der Waals surface area contributed by atoms with Gasteiger partial charge in [0.1, 0.15) is 5.82 Å². The smallest absolute Gasteiger partial charge is 0.274 e. The first-order chi connectivity index (χ1) is 16.1. The fourth-order valence-corrected chi connectivity index (χ4v) is 4.22. The van der Waals surface area contributed by atoms with E-state index in [9.17, 15) is 29.3 Å². The van der Waals surface area contributed by atoms with Crippen molar-refractivity contribution < 1.29 is 19.3 Å². The van der Waals surface area contributed by atoms with Crippen molar-refractivity contribution in [1.82, 2.24) is 9.97 Å². The first kappa shape index (κ1) is 22.9. The maximum Gasteiger partial charge on any atom is 0.274 e. The summed E-state index contributed by atoms with van der Waals surface area (Å²) in [7, 11) is 0. The lowest BCUT2D eigenvalue weighted by atomic mass is 9.92. The third-order valence-corrected chi connectivity index (χ3v) is 6.13. The summed E-state index contributed by atoms with van der Waals surface area (Å²) in [6.45, 7) is 2.46. The van der Waals surface area contributed by atoms with Gasteiger partial charge in [-0.3, -0.25) is 34.3 Å². The molecule has 0 spiro atoms. The molecular weight excluding hydrogens is 446 g/mol. The van der Waals surface area contributed by atoms with Crippen LogP contribution in [0.1, 0.15) is 36.3 Å². The number of primary amides is 1. The number of nitro groups is 1. The number of benzene rings is 1. The molecule has 0 aliphatic carbocycles. The number of carbonyl (C=O) groups excluding carboxylic acids is 3. The van der Waals surface area contributed by atoms with Crippen molar-refractivity contribution in [1.29, 1.82) is 0 Å². The number of aryl methyl sites for hydroxylation is 1. The van der Waals surface area contributed by atoms with E-state index in [0.29, 0.717) is 31.5 Å². The average molecular weight is 469 g/mol. The van der Waals surface area contributed by atoms with E-state index in [1.54, 1.807) is 11.8 Å². The molecule has 3 amide bonds. The fourth-order valence-electron chi connectivity index (χ4n) is 4.22. The normalized spacial score (nSPS) is 18.1. The molecule has 1 aromatic heterocycles. The number of hydrogen-bond donors (Lipinski definition) is 4. The van der Waals surface area contributed by atoms with Crippen molar-refractivity contribution in [2.45, 2.75) is 32.1 Å². The van der Waals surface area contributed by atoms with Crippen LogP contribution in [-0.4, -0.2) is 45.7 Å². The molecule has 1 unspecified atom stereocenters. The second kappa shape index (κ2) is 8.92. The van der Waals surface area contributed by atoms with E-state index in [0.717, 1.165) is 0 Å². The molecule has 13 nitrogen and oxygen atoms in total. The zero-order valence-corrected chi connectivity index (χ0v) is 18.3. The second-order valence-electron chi connectivity index (χ2n) is 8.37. The van der Waals surface area contributed by atoms with E-state index in [2.05, 4.69) is 20.6 Å². The van der Waals surface area contributed by atoms with E-state index >= 15 is 0 Å². The Morgan fingerprint density at radius 1 is 1.26 bits per heavy atom. The Balaban J connectivity index is 1.59. The predicted molar refractivity (Wildman–Crippen MR) is 121 cm³/mol. The zero-order chi connectivity index (χ0) is 24.6. The lowest BCUT2D eigenvalue weighted by Gasteiger charge is -2.32. The van der Waals surface area contributed by atoms with Crippen LogP contribution in [0.4, 0.5) is 23.1 Å². The maximum absolute atomic E-state index is 13.0. The predicted octanol–water partition coefficient (Wildman–Crippen LogP) is 0.753. The van der Waals surface area contributed by atoms with Gasteiger partial charge in [0.15, 0.2) is 0 Å². The maximum atomic E-state index is 13.0. The number of carbonyl (C=O) groups is 3. The number of nitro benzene ring substituents is 1. The third-order valence-electron chi connectivity index (χ3n) is 6.13. The first-order valence-electron chi connectivity index (χ1n) is 10.7. The fraction of sp³-hybridized carbons (Fsp3) is 0.381. The lowest BCUT2D eigenvalue weighted by molar-refractivity contribution is -0.385. The summed E-state index contributed by atoms with van der Waals surface area (Å²) in [5, 5.41) is 16.3. The summed E-state index contributed by atoms with van der Waals surface area (Å²) in [5.74, 6) is -2.67. The zero-order valence-electron chi connectivity index (χ0n) is 18.3. The minimum atomic E-state index is -1.13. The summed E-state index contributed by atoms with van der Waals surface area (Å²) in [6, 6.07) is 4.22. The van der Waals surface area contributed by atoms with Gasteiger partial charge in [0, 0.05) is 42.7 Å². The molecule has 3 heterocycles. The molecule has 0 radical (unpaired) electrons. The number of amides is 3. The Hall–Kier alpha value is -4.29. The van der Waals surface area contributed by atoms with Crippen LogP contribution in [0, 0.1) is 23.0 Å². The first-order valence-corrected chi connectivity index (χ1v) is 10.7. The molecule has 1 atom stereocenters. The van der Waals surface area contributed by atoms with Crippen molar-refractivity contribution in [3.05, 3.63) is 49.8 Å². The summed E-state index contributed by atoms with van der Waals surface area (Å²) < 4.78 is 0. The number of aromatic amines is 1. The van der Waals surface area contributed by atoms with Crippen molar-refractivity contribution in [2.24, 2.45) is 11.7 Å². The number of piperidine rings is 1. The molecule has 13 heteroatoms. The van der Waals surface area contributed by atoms with Crippen LogP contribution in [0.15, 0.2) is 23.0 Å². The van der Waals surface area contributed by atoms with Crippen LogP contribution in [0.3, 0.4) is 0 Å². The summed E-state index contributed by atoms with van der Waals surface area (Å²) in [6.07, 6.45) is 0.743. The number of aromatic nitrogens is 2. The third kappa shape index (κ3) is 4.44. The van der Waals surface area contributed by atoms with Gasteiger partial charge in [-0.05, 0) is 25.8 Å². The molecule has 1 aromatic carbocycles. The molecule has 34 heavy (non-hydrogen) atoms. The van der Waals surface area contributed by atoms with Crippen LogP contribution in [-0.2, 0) is 14.4 Å². The molecule has 1 saturated heterocycles. The highest BCUT2D eigenvalue weighted by atomic mass is 16.6. The number of H-pyrrole nitrogens is 1. The highest BCUT2D eigenvalue weighted by Crippen LogP contribution is 2.31. The molecular formula is C21H23N7O6. The summed E-state index contributed by atoms with van der Waals surface area (Å²) in [4.78, 5) is 69.1. The molecule has 2 aromatic rings. The molecule has 0 bridgehead atoms. The van der Waals surface area contributed by atoms with E-state index in [4.69, 9.17) is 5.73 Å². The molecule has 5 N–H and O–H groups in total. The number of nitrogens with two attached hydrogens (primary N) is 1. The largest absolute Gasteiger partial charge is 0.369 e. The lowest BCUT2D eigenvalue weighted by Crippen LogP contribution is -2.41. The summed E-state index contributed by atoms with van der Waals surface area (Å²) >= 11 is 0. The summed E-state index contributed by atoms with van der Waals surface area (Å²) in [5.41, 5.74) is 5.23. The number of rotatable bonds is 5. The van der Waals surface area contributed by atoms with Crippen LogP contribution in [0.2, 0.25) is 0 Å². The van der Waals surface area contributed by atoms with E-state index in [1.807, 2.05) is 0 Å². The Morgan fingerprint density at radius 3 is 2.62 bits per heavy atom. The quantitative estimate of drug-likeness (QED) is 0.364. The van der Waals surface area contributed by atoms with Gasteiger partial charge in [0.2, 0.25) is 23.7 Å². The van der Waals surface area contributed by atoms with Gasteiger partial charge < -0.3 is 21.3 Å². The van der Waals surface area contributed by atoms with Gasteiger partial charge in [-0.1, -0.05) is 6.07 Å². The molecule has 2 aliphatic rings. The number of nitrogens with zero attached hydrogens (tertiary/aromatic N) is 3. The minimum absolute atomic E-state index is 0.00878. The van der Waals surface area contributed by atoms with Crippen LogP contribution in [0.25, 0.3) is 0 Å². The van der Waals surface area contributed by atoms with Crippen LogP contribution >= 0.6 is 0 Å². The average Bonchev–Trinajstić information content (AvgIpc) is 2.79. The van der Waals surface area contributed by atoms with E-state index < -0.39 is 28.2 Å². The van der Waals surface area contributed by atoms with Gasteiger partial charge in [-0.25, -0.2) is 0 Å². The number of nitrogens with one attached hydrogen (secondary N) is 3. The highest BCUT2D eigenvalue weighted by Gasteiger charge is 2.36. The van der Waals surface area contributed by atoms with Gasteiger partial charge in [-0.15, -0.1) is 0 Å². The van der Waals surface area contributed by atoms with E-state index in [-0.39, 0.29) is 47.0 Å². The van der Waals surface area contributed by atoms with Gasteiger partial charge >= 0.3 is 0 Å². The van der Waals surface area contributed by atoms with Gasteiger partial charge in [0.05, 0.1) is 16.4 Å². The molecule has 4 rings (SSSR count). The van der Waals surface area contributed by atoms with Gasteiger partial charge in [0.25, 0.3) is 11.2 Å². The molecule has 178 valence electrons. The van der Waals surface area contributed by atoms with Crippen molar-refractivity contribution >= 4 is 40.9 Å². The topological polar surface area (TPSA) is 193 Å². The Kier molecular flexibility index (Phi) is 6.01. The monoisotopic (exact) mass is 469 g/mol. The SMILES string of the molecule is Cc1ccc(NC(=O)C2CC(=O)Nc3nc(N4CCC(C(N)=O)CC4)[nH]c(=O)c32)cc1[N+](=O)[O-]. The minimum Gasteiger partial charge on any atom is -0.369 e.